The molecule has 0 radical (unpaired) electrons. The van der Waals surface area contributed by atoms with E-state index in [9.17, 15) is 33.6 Å². The van der Waals surface area contributed by atoms with Gasteiger partial charge >= 0.3 is 41.8 Å². The quantitative estimate of drug-likeness (QED) is 0.0498. The first-order chi connectivity index (χ1) is 52.9. The maximum atomic E-state index is 11.2. The van der Waals surface area contributed by atoms with E-state index < -0.39 is 41.8 Å². The Morgan fingerprint density at radius 3 is 0.691 bits per heavy atom. The van der Waals surface area contributed by atoms with Crippen molar-refractivity contribution in [1.29, 1.82) is 0 Å². The fourth-order valence-corrected chi connectivity index (χ4v) is 9.20. The largest absolute Gasteiger partial charge is 0.477 e. The van der Waals surface area contributed by atoms with Crippen LogP contribution >= 0.6 is 12.6 Å². The Morgan fingerprint density at radius 1 is 0.273 bits per heavy atom. The van der Waals surface area contributed by atoms with Crippen molar-refractivity contribution in [3.05, 3.63) is 283 Å². The van der Waals surface area contributed by atoms with Gasteiger partial charge in [-0.25, -0.2) is 68.4 Å². The van der Waals surface area contributed by atoms with Crippen LogP contribution in [0.4, 0.5) is 5.69 Å². The number of methoxy groups -OCH3 is 6. The number of nitrogen functional groups attached to an aromatic ring is 1. The lowest BCUT2D eigenvalue weighted by atomic mass is 10.2. The molecule has 14 rings (SSSR count). The average Bonchev–Trinajstić information content (AvgIpc) is 0.850. The minimum Gasteiger partial charge on any atom is -0.477 e. The van der Waals surface area contributed by atoms with Crippen LogP contribution < -0.4 is 11.5 Å². The summed E-state index contributed by atoms with van der Waals surface area (Å²) in [5.74, 6) is -3.50. The molecule has 0 saturated carbocycles. The predicted octanol–water partition coefficient (Wildman–Crippen LogP) is 18.2. The molecule has 0 unspecified atom stereocenters. The molecule has 0 aliphatic rings. The normalized spacial score (nSPS) is 9.39. The second kappa shape index (κ2) is 51.1. The highest BCUT2D eigenvalue weighted by Crippen LogP contribution is 2.21. The van der Waals surface area contributed by atoms with Crippen molar-refractivity contribution in [3.63, 3.8) is 0 Å². The lowest BCUT2D eigenvalue weighted by molar-refractivity contribution is 0.0586. The molecule has 0 bridgehead atoms. The summed E-state index contributed by atoms with van der Waals surface area (Å²) in [6, 6.07) is 73.2. The first-order valence-corrected chi connectivity index (χ1v) is 34.7. The fraction of sp³-hybridized carbons (Fsp3) is 0.186. The van der Waals surface area contributed by atoms with Gasteiger partial charge in [0.1, 0.15) is 39.9 Å². The Kier molecular flexibility index (Phi) is 43.2. The Hall–Kier alpha value is -13.2. The highest BCUT2D eigenvalue weighted by molar-refractivity contribution is 7.80. The van der Waals surface area contributed by atoms with Crippen LogP contribution in [0.2, 0.25) is 0 Å². The Labute approximate surface area is 646 Å². The van der Waals surface area contributed by atoms with E-state index in [-0.39, 0.29) is 18.8 Å². The van der Waals surface area contributed by atoms with E-state index in [1.54, 1.807) is 60.7 Å². The fourth-order valence-electron chi connectivity index (χ4n) is 9.00. The number of ether oxygens (including phenoxy) is 6. The lowest BCUT2D eigenvalue weighted by Gasteiger charge is -2.01. The van der Waals surface area contributed by atoms with Gasteiger partial charge in [-0.3, -0.25) is 0 Å². The standard InChI is InChI=1S/C11H10N2O2.C11H9NO2S.4C11H9NO2.C10H7NO2.4C2H6.CH5N.CH4/c1-15-11(14)9-5-3-7-2-4-8(12)6-10(7)13-9;1-14-11(13)9-5-3-7-2-4-8(15)6-10(7)12-9;4*1-14-11(13)10-7-6-8-4-2-3-5-9(8)12-10;12-10(13)9-6-5-7-3-1-2-4-8(7)11-9;5*1-2;/h2-6H,12H2,1H3;2-6,15H,1H3;4*2-7H,1H3;1-6H,(H,12,13);4*1-2H3;2H2,1H3;1H4. The van der Waals surface area contributed by atoms with Crippen LogP contribution in [0.15, 0.2) is 248 Å². The van der Waals surface area contributed by atoms with Gasteiger partial charge < -0.3 is 45.0 Å². The Balaban J connectivity index is 0.000000426. The number of rotatable bonds is 7. The summed E-state index contributed by atoms with van der Waals surface area (Å²) in [6.07, 6.45) is 0. The number of thiol groups is 1. The van der Waals surface area contributed by atoms with Crippen LogP contribution in [0.5, 0.6) is 0 Å². The number of aromatic carboxylic acids is 1. The van der Waals surface area contributed by atoms with Crippen LogP contribution in [0, 0.1) is 0 Å². The molecular weight excluding hydrogens is 1420 g/mol. The molecule has 7 heterocycles. The van der Waals surface area contributed by atoms with Crippen molar-refractivity contribution in [1.82, 2.24) is 34.9 Å². The molecule has 14 aromatic rings. The number of fused-ring (bicyclic) bond motifs is 7. The van der Waals surface area contributed by atoms with Crippen molar-refractivity contribution in [3.8, 4) is 0 Å². The average molecular weight is 1510 g/mol. The summed E-state index contributed by atoms with van der Waals surface area (Å²) in [6.45, 7) is 16.0. The van der Waals surface area contributed by atoms with E-state index in [1.807, 2.05) is 231 Å². The number of nitrogens with two attached hydrogens (primary N) is 2. The molecule has 0 aliphatic carbocycles. The maximum Gasteiger partial charge on any atom is 0.356 e. The van der Waals surface area contributed by atoms with Gasteiger partial charge in [-0.1, -0.05) is 208 Å². The topological polar surface area (TPSA) is 337 Å². The summed E-state index contributed by atoms with van der Waals surface area (Å²) >= 11 is 4.21. The molecule has 0 fully saturated rings. The van der Waals surface area contributed by atoms with Gasteiger partial charge in [-0.05, 0) is 104 Å². The highest BCUT2D eigenvalue weighted by atomic mass is 32.1. The molecule has 110 heavy (non-hydrogen) atoms. The Bertz CT molecular complexity index is 4800. The third kappa shape index (κ3) is 28.6. The molecular formula is C86H95N9O14S. The number of carboxylic acids is 1. The maximum absolute atomic E-state index is 11.2. The highest BCUT2D eigenvalue weighted by Gasteiger charge is 2.13. The van der Waals surface area contributed by atoms with E-state index in [0.29, 0.717) is 45.2 Å². The third-order valence-electron chi connectivity index (χ3n) is 14.0. The van der Waals surface area contributed by atoms with Crippen LogP contribution in [-0.4, -0.2) is 131 Å². The number of carbonyl (C=O) groups is 7. The number of pyridine rings is 7. The van der Waals surface area contributed by atoms with E-state index in [4.69, 9.17) is 10.8 Å². The number of carbonyl (C=O) groups excluding carboxylic acids is 6. The van der Waals surface area contributed by atoms with Gasteiger partial charge in [0.25, 0.3) is 0 Å². The van der Waals surface area contributed by atoms with Gasteiger partial charge in [-0.15, -0.1) is 12.6 Å². The SMILES string of the molecule is C.CC.CC.CC.CC.CN.COC(=O)c1ccc2ccc(N)cc2n1.COC(=O)c1ccc2ccc(S)cc2n1.COC(=O)c1ccc2ccccc2n1.COC(=O)c1ccc2ccccc2n1.COC(=O)c1ccc2ccccc2n1.COC(=O)c1ccc2ccccc2n1.O=C(O)c1ccc2ccccc2n1. The van der Waals surface area contributed by atoms with Crippen molar-refractivity contribution in [2.75, 3.05) is 55.4 Å². The van der Waals surface area contributed by atoms with Crippen molar-refractivity contribution in [2.24, 2.45) is 5.73 Å². The van der Waals surface area contributed by atoms with Crippen molar-refractivity contribution < 1.29 is 67.1 Å². The first kappa shape index (κ1) is 92.9. The monoisotopic (exact) mass is 1510 g/mol. The molecule has 24 heteroatoms. The van der Waals surface area contributed by atoms with Crippen molar-refractivity contribution >= 4 is 136 Å². The van der Waals surface area contributed by atoms with Gasteiger partial charge in [-0.2, -0.15) is 0 Å². The van der Waals surface area contributed by atoms with Gasteiger partial charge in [0.15, 0.2) is 0 Å². The second-order valence-corrected chi connectivity index (χ2v) is 20.9. The van der Waals surface area contributed by atoms with Crippen LogP contribution in [0.25, 0.3) is 76.3 Å². The molecule has 5 N–H and O–H groups in total. The number of hydrogen-bond acceptors (Lipinski definition) is 23. The van der Waals surface area contributed by atoms with Crippen molar-refractivity contribution in [2.45, 2.75) is 67.7 Å². The molecule has 0 saturated heterocycles. The zero-order valence-electron chi connectivity index (χ0n) is 63.6. The zero-order valence-corrected chi connectivity index (χ0v) is 64.5. The number of esters is 6. The molecule has 0 atom stereocenters. The molecule has 574 valence electrons. The molecule has 0 amide bonds. The molecule has 7 aromatic carbocycles. The van der Waals surface area contributed by atoms with E-state index in [1.165, 1.54) is 55.8 Å². The lowest BCUT2D eigenvalue weighted by Crippen LogP contribution is -2.03. The van der Waals surface area contributed by atoms with E-state index >= 15 is 0 Å². The first-order valence-electron chi connectivity index (χ1n) is 34.3. The third-order valence-corrected chi connectivity index (χ3v) is 14.2. The number of benzene rings is 7. The molecule has 0 spiro atoms. The number of para-hydroxylation sites is 5. The minimum absolute atomic E-state index is 0. The number of anilines is 1. The summed E-state index contributed by atoms with van der Waals surface area (Å²) in [5.41, 5.74) is 18.1. The summed E-state index contributed by atoms with van der Waals surface area (Å²) in [7, 11) is 9.55. The van der Waals surface area contributed by atoms with Crippen LogP contribution in [0.1, 0.15) is 136 Å². The summed E-state index contributed by atoms with van der Waals surface area (Å²) < 4.78 is 27.5. The summed E-state index contributed by atoms with van der Waals surface area (Å²) in [4.78, 5) is 108. The number of carboxylic acid groups (broad SMARTS) is 1. The number of hydrogen-bond donors (Lipinski definition) is 4. The van der Waals surface area contributed by atoms with Gasteiger partial charge in [0.2, 0.25) is 0 Å². The molecule has 23 nitrogen and oxygen atoms in total. The molecule has 0 aliphatic heterocycles. The smallest absolute Gasteiger partial charge is 0.356 e. The number of nitrogens with zero attached hydrogens (tertiary/aromatic N) is 7. The van der Waals surface area contributed by atoms with Gasteiger partial charge in [0.05, 0.1) is 81.3 Å². The summed E-state index contributed by atoms with van der Waals surface area (Å²) in [5, 5.41) is 15.6. The predicted molar refractivity (Wildman–Crippen MR) is 441 cm³/mol. The van der Waals surface area contributed by atoms with Crippen LogP contribution in [-0.2, 0) is 28.4 Å². The van der Waals surface area contributed by atoms with E-state index in [0.717, 1.165) is 70.2 Å². The number of aromatic nitrogens is 7. The minimum atomic E-state index is -0.995. The van der Waals surface area contributed by atoms with Crippen LogP contribution in [0.3, 0.4) is 0 Å². The molecule has 7 aromatic heterocycles. The van der Waals surface area contributed by atoms with Gasteiger partial charge in [0, 0.05) is 48.3 Å². The second-order valence-electron chi connectivity index (χ2n) is 20.4. The zero-order chi connectivity index (χ0) is 80.8. The Morgan fingerprint density at radius 2 is 0.455 bits per heavy atom. The van der Waals surface area contributed by atoms with E-state index in [2.05, 4.69) is 81.7 Å².